The lowest BCUT2D eigenvalue weighted by molar-refractivity contribution is -0.384. The number of aromatic nitrogens is 2. The summed E-state index contributed by atoms with van der Waals surface area (Å²) < 4.78 is 1.83. The van der Waals surface area contributed by atoms with Gasteiger partial charge in [0.2, 0.25) is 0 Å². The van der Waals surface area contributed by atoms with Gasteiger partial charge < -0.3 is 4.57 Å². The number of carbonyl (C=O) groups is 1. The Bertz CT molecular complexity index is 948. The van der Waals surface area contributed by atoms with Crippen LogP contribution in [0.5, 0.6) is 0 Å². The Kier molecular flexibility index (Phi) is 5.66. The summed E-state index contributed by atoms with van der Waals surface area (Å²) >= 11 is 1.35. The number of hydrogen-bond acceptors (Lipinski definition) is 5. The molecule has 0 atom stereocenters. The van der Waals surface area contributed by atoms with Crippen molar-refractivity contribution in [3.63, 3.8) is 0 Å². The number of nitrogens with zero attached hydrogens (tertiary/aromatic N) is 3. The monoisotopic (exact) mass is 384 g/mol. The van der Waals surface area contributed by atoms with Crippen LogP contribution in [0.25, 0.3) is 0 Å². The van der Waals surface area contributed by atoms with Crippen molar-refractivity contribution in [1.29, 1.82) is 0 Å². The number of hydrogen-bond donors (Lipinski definition) is 1. The molecule has 3 aromatic rings. The summed E-state index contributed by atoms with van der Waals surface area (Å²) in [6, 6.07) is 8.34. The van der Waals surface area contributed by atoms with E-state index in [1.54, 1.807) is 17.6 Å². The molecular weight excluding hydrogens is 364 g/mol. The van der Waals surface area contributed by atoms with Crippen molar-refractivity contribution in [2.75, 3.05) is 5.32 Å². The molecule has 0 aliphatic rings. The van der Waals surface area contributed by atoms with Crippen LogP contribution in [0.3, 0.4) is 0 Å². The van der Waals surface area contributed by atoms with Gasteiger partial charge in [-0.25, -0.2) is 4.98 Å². The Morgan fingerprint density at radius 3 is 2.81 bits per heavy atom. The molecule has 2 heterocycles. The summed E-state index contributed by atoms with van der Waals surface area (Å²) in [4.78, 5) is 27.4. The minimum atomic E-state index is -0.417. The second-order valence-corrected chi connectivity index (χ2v) is 7.57. The molecule has 8 heteroatoms. The Hall–Kier alpha value is -3.00. The standard InChI is InChI=1S/C19H20N4O3S/c1-13(2)8-15-10-17(18(24)21-19-20-6-7-27-19)22(12-15)11-14-4-3-5-16(9-14)23(25)26/h3-7,9-10,12-13H,8,11H2,1-2H3,(H,20,21,24). The third-order valence-corrected chi connectivity index (χ3v) is 4.65. The van der Waals surface area contributed by atoms with Gasteiger partial charge in [-0.3, -0.25) is 20.2 Å². The Labute approximate surface area is 160 Å². The second-order valence-electron chi connectivity index (χ2n) is 6.68. The lowest BCUT2D eigenvalue weighted by atomic mass is 10.1. The van der Waals surface area contributed by atoms with Gasteiger partial charge in [-0.2, -0.15) is 0 Å². The maximum Gasteiger partial charge on any atom is 0.274 e. The highest BCUT2D eigenvalue weighted by atomic mass is 32.1. The molecule has 0 radical (unpaired) electrons. The summed E-state index contributed by atoms with van der Waals surface area (Å²) in [5.74, 6) is 0.207. The van der Waals surface area contributed by atoms with Crippen molar-refractivity contribution in [2.45, 2.75) is 26.8 Å². The van der Waals surface area contributed by atoms with Gasteiger partial charge in [0.05, 0.1) is 4.92 Å². The zero-order valence-electron chi connectivity index (χ0n) is 15.1. The molecule has 7 nitrogen and oxygen atoms in total. The minimum Gasteiger partial charge on any atom is -0.339 e. The molecule has 0 fully saturated rings. The van der Waals surface area contributed by atoms with E-state index in [1.807, 2.05) is 22.9 Å². The quantitative estimate of drug-likeness (QED) is 0.484. The fraction of sp³-hybridized carbons (Fsp3) is 0.263. The van der Waals surface area contributed by atoms with Crippen LogP contribution in [0.1, 0.15) is 35.5 Å². The molecule has 0 saturated carbocycles. The molecule has 2 aromatic heterocycles. The second kappa shape index (κ2) is 8.13. The van der Waals surface area contributed by atoms with E-state index >= 15 is 0 Å². The number of amides is 1. The smallest absolute Gasteiger partial charge is 0.274 e. The first-order valence-electron chi connectivity index (χ1n) is 8.55. The fourth-order valence-corrected chi connectivity index (χ4v) is 3.41. The number of nitrogens with one attached hydrogen (secondary N) is 1. The number of nitro benzene ring substituents is 1. The molecule has 1 amide bonds. The number of nitro groups is 1. The lowest BCUT2D eigenvalue weighted by Crippen LogP contribution is -2.17. The highest BCUT2D eigenvalue weighted by molar-refractivity contribution is 7.13. The third-order valence-electron chi connectivity index (χ3n) is 3.96. The molecule has 27 heavy (non-hydrogen) atoms. The fourth-order valence-electron chi connectivity index (χ4n) is 2.89. The zero-order chi connectivity index (χ0) is 19.4. The van der Waals surface area contributed by atoms with E-state index in [4.69, 9.17) is 0 Å². The highest BCUT2D eigenvalue weighted by Crippen LogP contribution is 2.20. The van der Waals surface area contributed by atoms with Gasteiger partial charge >= 0.3 is 0 Å². The van der Waals surface area contributed by atoms with Crippen molar-refractivity contribution >= 4 is 28.1 Å². The average molecular weight is 384 g/mol. The van der Waals surface area contributed by atoms with Gasteiger partial charge in [0, 0.05) is 36.5 Å². The van der Waals surface area contributed by atoms with Gasteiger partial charge in [0.1, 0.15) is 5.69 Å². The summed E-state index contributed by atoms with van der Waals surface area (Å²) in [7, 11) is 0. The summed E-state index contributed by atoms with van der Waals surface area (Å²) in [6.45, 7) is 4.61. The van der Waals surface area contributed by atoms with E-state index in [1.165, 1.54) is 23.5 Å². The Balaban J connectivity index is 1.90. The van der Waals surface area contributed by atoms with Crippen LogP contribution in [-0.4, -0.2) is 20.4 Å². The van der Waals surface area contributed by atoms with E-state index in [0.717, 1.165) is 17.5 Å². The van der Waals surface area contributed by atoms with Crippen molar-refractivity contribution < 1.29 is 9.72 Å². The SMILES string of the molecule is CC(C)Cc1cc(C(=O)Nc2nccs2)n(Cc2cccc([N+](=O)[O-])c2)c1. The van der Waals surface area contributed by atoms with Gasteiger partial charge in [0.25, 0.3) is 11.6 Å². The Morgan fingerprint density at radius 1 is 1.33 bits per heavy atom. The maximum atomic E-state index is 12.7. The van der Waals surface area contributed by atoms with E-state index < -0.39 is 4.92 Å². The molecule has 1 N–H and O–H groups in total. The molecule has 0 bridgehead atoms. The van der Waals surface area contributed by atoms with Crippen LogP contribution in [0.2, 0.25) is 0 Å². The van der Waals surface area contributed by atoms with Gasteiger partial charge in [-0.1, -0.05) is 26.0 Å². The van der Waals surface area contributed by atoms with Gasteiger partial charge in [-0.15, -0.1) is 11.3 Å². The Morgan fingerprint density at radius 2 is 2.15 bits per heavy atom. The maximum absolute atomic E-state index is 12.7. The first kappa shape index (κ1) is 18.8. The normalized spacial score (nSPS) is 10.9. The summed E-state index contributed by atoms with van der Waals surface area (Å²) in [5.41, 5.74) is 2.36. The van der Waals surface area contributed by atoms with Crippen LogP contribution in [0.4, 0.5) is 10.8 Å². The topological polar surface area (TPSA) is 90.1 Å². The van der Waals surface area contributed by atoms with Gasteiger partial charge in [-0.05, 0) is 29.5 Å². The molecule has 140 valence electrons. The number of rotatable bonds is 7. The summed E-state index contributed by atoms with van der Waals surface area (Å²) in [6.07, 6.45) is 4.42. The zero-order valence-corrected chi connectivity index (χ0v) is 15.9. The highest BCUT2D eigenvalue weighted by Gasteiger charge is 2.16. The largest absolute Gasteiger partial charge is 0.339 e. The van der Waals surface area contributed by atoms with E-state index in [0.29, 0.717) is 23.3 Å². The van der Waals surface area contributed by atoms with E-state index in [-0.39, 0.29) is 11.6 Å². The van der Waals surface area contributed by atoms with E-state index in [2.05, 4.69) is 24.1 Å². The van der Waals surface area contributed by atoms with Crippen molar-refractivity contribution in [2.24, 2.45) is 5.92 Å². The predicted molar refractivity (Wildman–Crippen MR) is 105 cm³/mol. The number of anilines is 1. The number of carbonyl (C=O) groups excluding carboxylic acids is 1. The number of benzene rings is 1. The third kappa shape index (κ3) is 4.79. The first-order chi connectivity index (χ1) is 12.9. The number of non-ortho nitro benzene ring substituents is 1. The minimum absolute atomic E-state index is 0.0378. The van der Waals surface area contributed by atoms with Crippen molar-refractivity contribution in [3.8, 4) is 0 Å². The molecule has 0 aliphatic carbocycles. The van der Waals surface area contributed by atoms with E-state index in [9.17, 15) is 14.9 Å². The van der Waals surface area contributed by atoms with Gasteiger partial charge in [0.15, 0.2) is 5.13 Å². The number of thiazole rings is 1. The van der Waals surface area contributed by atoms with Crippen LogP contribution in [-0.2, 0) is 13.0 Å². The van der Waals surface area contributed by atoms with Crippen LogP contribution < -0.4 is 5.32 Å². The predicted octanol–water partition coefficient (Wildman–Crippen LogP) is 4.35. The van der Waals surface area contributed by atoms with Crippen molar-refractivity contribution in [1.82, 2.24) is 9.55 Å². The molecule has 1 aromatic carbocycles. The molecule has 0 saturated heterocycles. The lowest BCUT2D eigenvalue weighted by Gasteiger charge is -2.09. The summed E-state index contributed by atoms with van der Waals surface area (Å²) in [5, 5.41) is 16.1. The average Bonchev–Trinajstić information content (AvgIpc) is 3.24. The molecule has 3 rings (SSSR count). The molecule has 0 unspecified atom stereocenters. The van der Waals surface area contributed by atoms with Crippen molar-refractivity contribution in [3.05, 3.63) is 75.0 Å². The van der Waals surface area contributed by atoms with Crippen LogP contribution >= 0.6 is 11.3 Å². The molecule has 0 spiro atoms. The van der Waals surface area contributed by atoms with Crippen LogP contribution in [0.15, 0.2) is 48.1 Å². The molecular formula is C19H20N4O3S. The first-order valence-corrected chi connectivity index (χ1v) is 9.43. The molecule has 0 aliphatic heterocycles. The van der Waals surface area contributed by atoms with Crippen LogP contribution in [0, 0.1) is 16.0 Å².